The molecular formula is C45H65N3O10. The van der Waals surface area contributed by atoms with E-state index in [0.717, 1.165) is 22.3 Å². The molecule has 1 saturated carbocycles. The zero-order valence-corrected chi connectivity index (χ0v) is 35.2. The molecule has 2 aliphatic carbocycles. The van der Waals surface area contributed by atoms with Gasteiger partial charge in [0.15, 0.2) is 6.29 Å². The average molecular weight is 808 g/mol. The molecule has 0 aliphatic heterocycles. The Morgan fingerprint density at radius 2 is 1.24 bits per heavy atom. The van der Waals surface area contributed by atoms with Crippen LogP contribution in [0.25, 0.3) is 11.1 Å². The van der Waals surface area contributed by atoms with Crippen molar-refractivity contribution in [3.8, 4) is 11.1 Å². The highest BCUT2D eigenvalue weighted by Crippen LogP contribution is 2.50. The van der Waals surface area contributed by atoms with Gasteiger partial charge in [0.05, 0.1) is 51.8 Å². The predicted octanol–water partition coefficient (Wildman–Crippen LogP) is 5.21. The third kappa shape index (κ3) is 17.6. The Morgan fingerprint density at radius 3 is 1.71 bits per heavy atom. The average Bonchev–Trinajstić information content (AvgIpc) is 3.73. The molecular weight excluding hydrogens is 743 g/mol. The van der Waals surface area contributed by atoms with Gasteiger partial charge in [0.25, 0.3) is 0 Å². The molecule has 58 heavy (non-hydrogen) atoms. The van der Waals surface area contributed by atoms with Gasteiger partial charge >= 0.3 is 6.09 Å². The molecule has 1 fully saturated rings. The minimum absolute atomic E-state index is 0.0256. The van der Waals surface area contributed by atoms with Gasteiger partial charge in [-0.05, 0) is 61.3 Å². The molecule has 0 radical (unpaired) electrons. The fourth-order valence-corrected chi connectivity index (χ4v) is 6.69. The minimum Gasteiger partial charge on any atom is -0.449 e. The third-order valence-corrected chi connectivity index (χ3v) is 9.33. The zero-order chi connectivity index (χ0) is 42.5. The predicted molar refractivity (Wildman–Crippen MR) is 223 cm³/mol. The van der Waals surface area contributed by atoms with E-state index in [-0.39, 0.29) is 73.5 Å². The third-order valence-electron chi connectivity index (χ3n) is 9.33. The van der Waals surface area contributed by atoms with Crippen LogP contribution in [0.3, 0.4) is 0 Å². The van der Waals surface area contributed by atoms with E-state index in [1.807, 2.05) is 68.4 Å². The van der Waals surface area contributed by atoms with E-state index in [4.69, 9.17) is 28.8 Å². The first kappa shape index (κ1) is 48.0. The maximum atomic E-state index is 12.2. The van der Waals surface area contributed by atoms with Crippen LogP contribution in [0.4, 0.5) is 4.79 Å². The number of benzene rings is 3. The first-order valence-electron chi connectivity index (χ1n) is 20.1. The molecule has 0 heterocycles. The topological polar surface area (TPSA) is 174 Å². The second kappa shape index (κ2) is 25.2. The maximum absolute atomic E-state index is 12.2. The van der Waals surface area contributed by atoms with Crippen molar-refractivity contribution in [1.82, 2.24) is 16.0 Å². The van der Waals surface area contributed by atoms with Gasteiger partial charge in [0, 0.05) is 24.9 Å². The van der Waals surface area contributed by atoms with Gasteiger partial charge in [0.2, 0.25) is 11.8 Å². The molecule has 0 spiro atoms. The first-order valence-corrected chi connectivity index (χ1v) is 20.1. The van der Waals surface area contributed by atoms with Crippen molar-refractivity contribution in [3.05, 3.63) is 95.6 Å². The molecule has 3 amide bonds. The highest BCUT2D eigenvalue weighted by Gasteiger charge is 2.55. The molecule has 0 bridgehead atoms. The van der Waals surface area contributed by atoms with Crippen LogP contribution in [0.15, 0.2) is 78.9 Å². The number of hydrogen-bond donors (Lipinski definition) is 5. The lowest BCUT2D eigenvalue weighted by atomic mass is 9.89. The minimum atomic E-state index is -0.647. The summed E-state index contributed by atoms with van der Waals surface area (Å²) >= 11 is 0. The zero-order valence-electron chi connectivity index (χ0n) is 35.2. The number of carbonyl (C=O) groups excluding carboxylic acids is 3. The Morgan fingerprint density at radius 1 is 0.707 bits per heavy atom. The Labute approximate surface area is 344 Å². The number of aliphatic hydroxyl groups is 2. The molecule has 3 aromatic carbocycles. The highest BCUT2D eigenvalue weighted by atomic mass is 16.6. The first-order chi connectivity index (χ1) is 27.7. The fraction of sp³-hybridized carbons (Fsp3) is 0.533. The highest BCUT2D eigenvalue weighted by molar-refractivity contribution is 5.82. The molecule has 320 valence electrons. The largest absolute Gasteiger partial charge is 0.449 e. The number of rotatable bonds is 19. The second-order valence-electron chi connectivity index (χ2n) is 15.6. The summed E-state index contributed by atoms with van der Waals surface area (Å²) in [6.07, 6.45) is -1.50. The van der Waals surface area contributed by atoms with E-state index < -0.39 is 12.4 Å². The van der Waals surface area contributed by atoms with Gasteiger partial charge < -0.3 is 49.8 Å². The van der Waals surface area contributed by atoms with Crippen LogP contribution in [-0.4, -0.2) is 113 Å². The van der Waals surface area contributed by atoms with Crippen molar-refractivity contribution in [2.45, 2.75) is 72.9 Å². The van der Waals surface area contributed by atoms with Crippen molar-refractivity contribution in [3.63, 3.8) is 0 Å². The van der Waals surface area contributed by atoms with Crippen molar-refractivity contribution in [2.75, 3.05) is 65.9 Å². The number of hydrogen-bond acceptors (Lipinski definition) is 10. The Bertz CT molecular complexity index is 1610. The van der Waals surface area contributed by atoms with Gasteiger partial charge in [0.1, 0.15) is 13.2 Å². The molecule has 0 aromatic heterocycles. The second-order valence-corrected chi connectivity index (χ2v) is 15.6. The number of nitrogens with one attached hydrogen (secondary N) is 3. The summed E-state index contributed by atoms with van der Waals surface area (Å²) in [5.41, 5.74) is 5.89. The number of fused-ring (bicyclic) bond motifs is 3. The van der Waals surface area contributed by atoms with E-state index in [9.17, 15) is 19.5 Å². The van der Waals surface area contributed by atoms with Crippen LogP contribution in [0.5, 0.6) is 0 Å². The van der Waals surface area contributed by atoms with Crippen molar-refractivity contribution in [1.29, 1.82) is 0 Å². The number of amides is 3. The summed E-state index contributed by atoms with van der Waals surface area (Å²) in [7, 11) is 0. The monoisotopic (exact) mass is 807 g/mol. The Balaban J connectivity index is 0.000000542. The van der Waals surface area contributed by atoms with Crippen molar-refractivity contribution in [2.24, 2.45) is 17.3 Å². The number of carbonyl (C=O) groups is 3. The molecule has 5 N–H and O–H groups in total. The summed E-state index contributed by atoms with van der Waals surface area (Å²) < 4.78 is 26.6. The number of aliphatic hydroxyl groups excluding tert-OH is 2. The molecule has 4 unspecified atom stereocenters. The summed E-state index contributed by atoms with van der Waals surface area (Å²) in [4.78, 5) is 36.2. The van der Waals surface area contributed by atoms with E-state index in [2.05, 4.69) is 67.9 Å². The standard InChI is InChI=1S/C33H45N3O8.C7H8.C5H12O2/c1-33(2,3)30-27(31(30)39)19-43-21-29(38)35-13-15-42-17-16-41-14-12-34-28(37)18-36-32(40)44-20-26-24-10-6-4-8-22(24)23-9-5-7-11-25(23)26;1-7-5-3-2-4-6-7;1-4(2)7-5(3)6/h4-11,26-27,30-31,39H,12-21H2,1-3H3,(H,34,37)(H,35,38)(H,36,40);2-6H,1H3;4-6H,1-3H3. The van der Waals surface area contributed by atoms with Crippen LogP contribution in [-0.2, 0) is 33.3 Å². The molecule has 0 saturated heterocycles. The van der Waals surface area contributed by atoms with Crippen LogP contribution in [0.1, 0.15) is 64.2 Å². The van der Waals surface area contributed by atoms with Gasteiger partial charge in [-0.15, -0.1) is 0 Å². The van der Waals surface area contributed by atoms with Gasteiger partial charge in [-0.25, -0.2) is 4.79 Å². The molecule has 4 atom stereocenters. The summed E-state index contributed by atoms with van der Waals surface area (Å²) in [5, 5.41) is 26.4. The van der Waals surface area contributed by atoms with Crippen LogP contribution in [0.2, 0.25) is 0 Å². The molecule has 13 heteroatoms. The number of alkyl carbamates (subject to hydrolysis) is 1. The molecule has 13 nitrogen and oxygen atoms in total. The Hall–Kier alpha value is -4.37. The SMILES string of the molecule is CC(C)(C)C1C(O)C1COCC(=O)NCCOCCOCCNC(=O)CNC(=O)OCC1c2ccccc2-c2ccccc21.CC(C)OC(C)O.Cc1ccccc1. The van der Waals surface area contributed by atoms with Gasteiger partial charge in [-0.2, -0.15) is 0 Å². The lowest BCUT2D eigenvalue weighted by Crippen LogP contribution is -2.38. The van der Waals surface area contributed by atoms with Crippen molar-refractivity contribution >= 4 is 17.9 Å². The lowest BCUT2D eigenvalue weighted by molar-refractivity contribution is -0.126. The smallest absolute Gasteiger partial charge is 0.407 e. The van der Waals surface area contributed by atoms with E-state index in [1.165, 1.54) is 5.56 Å². The number of ether oxygens (including phenoxy) is 5. The van der Waals surface area contributed by atoms with E-state index in [0.29, 0.717) is 39.6 Å². The van der Waals surface area contributed by atoms with Crippen molar-refractivity contribution < 1.29 is 48.3 Å². The molecule has 2 aliphatic rings. The summed E-state index contributed by atoms with van der Waals surface area (Å²) in [6, 6.07) is 26.4. The summed E-state index contributed by atoms with van der Waals surface area (Å²) in [6.45, 7) is 16.0. The van der Waals surface area contributed by atoms with E-state index >= 15 is 0 Å². The molecule has 5 rings (SSSR count). The van der Waals surface area contributed by atoms with Gasteiger partial charge in [-0.1, -0.05) is 105 Å². The maximum Gasteiger partial charge on any atom is 0.407 e. The fourth-order valence-electron chi connectivity index (χ4n) is 6.69. The lowest BCUT2D eigenvalue weighted by Gasteiger charge is -2.17. The number of aryl methyl sites for hydroxylation is 1. The van der Waals surface area contributed by atoms with Gasteiger partial charge in [-0.3, -0.25) is 9.59 Å². The van der Waals surface area contributed by atoms with Crippen LogP contribution < -0.4 is 16.0 Å². The normalized spacial score (nSPS) is 17.0. The quantitative estimate of drug-likeness (QED) is 0.0800. The van der Waals surface area contributed by atoms with Crippen LogP contribution >= 0.6 is 0 Å². The Kier molecular flexibility index (Phi) is 20.8. The summed E-state index contributed by atoms with van der Waals surface area (Å²) in [5.74, 6) is -0.324. The van der Waals surface area contributed by atoms with Crippen LogP contribution in [0, 0.1) is 24.2 Å². The molecule has 3 aromatic rings. The van der Waals surface area contributed by atoms with E-state index in [1.54, 1.807) is 6.92 Å².